The maximum absolute atomic E-state index is 13.0. The molecule has 19 heavy (non-hydrogen) atoms. The van der Waals surface area contributed by atoms with Crippen molar-refractivity contribution >= 4 is 39.1 Å². The molecule has 2 rings (SSSR count). The van der Waals surface area contributed by atoms with Gasteiger partial charge in [-0.25, -0.2) is 8.78 Å². The molecule has 2 aromatic rings. The Morgan fingerprint density at radius 3 is 2.47 bits per heavy atom. The molecule has 1 amide bonds. The number of halogens is 4. The van der Waals surface area contributed by atoms with Crippen LogP contribution in [0.2, 0.25) is 5.02 Å². The molecule has 0 aromatic heterocycles. The molecule has 0 unspecified atom stereocenters. The zero-order valence-electron chi connectivity index (χ0n) is 9.38. The van der Waals surface area contributed by atoms with Gasteiger partial charge in [0.05, 0.1) is 0 Å². The van der Waals surface area contributed by atoms with Crippen LogP contribution in [0.15, 0.2) is 40.9 Å². The predicted molar refractivity (Wildman–Crippen MR) is 73.5 cm³/mol. The molecule has 0 aliphatic heterocycles. The van der Waals surface area contributed by atoms with Crippen molar-refractivity contribution in [2.24, 2.45) is 0 Å². The number of nitrogens with one attached hydrogen (secondary N) is 1. The monoisotopic (exact) mass is 345 g/mol. The van der Waals surface area contributed by atoms with Crippen molar-refractivity contribution < 1.29 is 13.6 Å². The predicted octanol–water partition coefficient (Wildman–Crippen LogP) is 4.63. The number of benzene rings is 2. The van der Waals surface area contributed by atoms with Crippen LogP contribution >= 0.6 is 27.5 Å². The third-order valence-electron chi connectivity index (χ3n) is 2.30. The Morgan fingerprint density at radius 1 is 1.11 bits per heavy atom. The van der Waals surface area contributed by atoms with Gasteiger partial charge in [0.2, 0.25) is 0 Å². The number of rotatable bonds is 2. The summed E-state index contributed by atoms with van der Waals surface area (Å²) in [7, 11) is 0. The first-order valence-corrected chi connectivity index (χ1v) is 6.35. The first-order valence-electron chi connectivity index (χ1n) is 5.18. The van der Waals surface area contributed by atoms with Gasteiger partial charge < -0.3 is 5.32 Å². The lowest BCUT2D eigenvalue weighted by molar-refractivity contribution is 0.102. The fourth-order valence-corrected chi connectivity index (χ4v) is 2.32. The molecule has 0 saturated carbocycles. The summed E-state index contributed by atoms with van der Waals surface area (Å²) >= 11 is 9.04. The Labute approximate surface area is 121 Å². The minimum atomic E-state index is -1.02. The highest BCUT2D eigenvalue weighted by atomic mass is 79.9. The van der Waals surface area contributed by atoms with E-state index in [9.17, 15) is 13.6 Å². The Hall–Kier alpha value is -1.46. The molecule has 0 spiro atoms. The molecule has 0 aliphatic rings. The highest BCUT2D eigenvalue weighted by Gasteiger charge is 2.10. The molecule has 0 saturated heterocycles. The minimum Gasteiger partial charge on any atom is -0.322 e. The van der Waals surface area contributed by atoms with E-state index in [0.29, 0.717) is 15.1 Å². The van der Waals surface area contributed by atoms with E-state index in [0.717, 1.165) is 12.1 Å². The Morgan fingerprint density at radius 2 is 1.84 bits per heavy atom. The van der Waals surface area contributed by atoms with Gasteiger partial charge in [0.25, 0.3) is 5.91 Å². The molecule has 0 heterocycles. The Balaban J connectivity index is 2.22. The molecule has 0 aliphatic carbocycles. The second kappa shape index (κ2) is 5.67. The van der Waals surface area contributed by atoms with Crippen molar-refractivity contribution in [2.75, 3.05) is 5.32 Å². The van der Waals surface area contributed by atoms with Crippen LogP contribution in [0, 0.1) is 11.6 Å². The highest BCUT2D eigenvalue weighted by Crippen LogP contribution is 2.21. The summed E-state index contributed by atoms with van der Waals surface area (Å²) in [5.74, 6) is -2.46. The van der Waals surface area contributed by atoms with Crippen molar-refractivity contribution in [1.82, 2.24) is 0 Å². The lowest BCUT2D eigenvalue weighted by atomic mass is 10.2. The molecule has 1 N–H and O–H groups in total. The van der Waals surface area contributed by atoms with Crippen LogP contribution in [0.5, 0.6) is 0 Å². The van der Waals surface area contributed by atoms with E-state index in [2.05, 4.69) is 21.2 Å². The molecule has 0 atom stereocenters. The molecule has 0 radical (unpaired) electrons. The fraction of sp³-hybridized carbons (Fsp3) is 0. The zero-order chi connectivity index (χ0) is 14.0. The molecule has 0 fully saturated rings. The summed E-state index contributed by atoms with van der Waals surface area (Å²) in [6, 6.07) is 7.81. The van der Waals surface area contributed by atoms with Gasteiger partial charge in [0.15, 0.2) is 11.6 Å². The molecule has 2 nitrogen and oxygen atoms in total. The molecule has 0 bridgehead atoms. The number of amides is 1. The van der Waals surface area contributed by atoms with E-state index >= 15 is 0 Å². The fourth-order valence-electron chi connectivity index (χ4n) is 1.46. The van der Waals surface area contributed by atoms with Crippen LogP contribution in [-0.4, -0.2) is 5.91 Å². The quantitative estimate of drug-likeness (QED) is 0.844. The average molecular weight is 347 g/mol. The van der Waals surface area contributed by atoms with E-state index in [1.165, 1.54) is 12.1 Å². The van der Waals surface area contributed by atoms with E-state index < -0.39 is 17.5 Å². The topological polar surface area (TPSA) is 29.1 Å². The van der Waals surface area contributed by atoms with Gasteiger partial charge >= 0.3 is 0 Å². The maximum Gasteiger partial charge on any atom is 0.255 e. The molecule has 98 valence electrons. The summed E-state index contributed by atoms with van der Waals surface area (Å²) in [6.45, 7) is 0. The number of carbonyl (C=O) groups excluding carboxylic acids is 1. The van der Waals surface area contributed by atoms with Crippen molar-refractivity contribution in [3.8, 4) is 0 Å². The Kier molecular flexibility index (Phi) is 4.17. The summed E-state index contributed by atoms with van der Waals surface area (Å²) in [4.78, 5) is 11.9. The highest BCUT2D eigenvalue weighted by molar-refractivity contribution is 9.10. The van der Waals surface area contributed by atoms with E-state index in [1.807, 2.05) is 0 Å². The lowest BCUT2D eigenvalue weighted by Gasteiger charge is -2.06. The van der Waals surface area contributed by atoms with Gasteiger partial charge in [-0.15, -0.1) is 0 Å². The van der Waals surface area contributed by atoms with Gasteiger partial charge in [0, 0.05) is 26.8 Å². The zero-order valence-corrected chi connectivity index (χ0v) is 11.7. The SMILES string of the molecule is O=C(Nc1ccc(F)c(F)c1)c1cc(Cl)cc(Br)c1. The van der Waals surface area contributed by atoms with Crippen LogP contribution in [0.4, 0.5) is 14.5 Å². The number of anilines is 1. The average Bonchev–Trinajstić information content (AvgIpc) is 2.32. The van der Waals surface area contributed by atoms with Crippen molar-refractivity contribution in [3.05, 3.63) is 63.1 Å². The third kappa shape index (κ3) is 3.52. The standard InChI is InChI=1S/C13H7BrClF2NO/c14-8-3-7(4-9(15)5-8)13(19)18-10-1-2-11(16)12(17)6-10/h1-6H,(H,18,19). The molecule has 6 heteroatoms. The largest absolute Gasteiger partial charge is 0.322 e. The summed E-state index contributed by atoms with van der Waals surface area (Å²) in [5.41, 5.74) is 0.476. The van der Waals surface area contributed by atoms with Crippen LogP contribution in [-0.2, 0) is 0 Å². The molecular weight excluding hydrogens is 340 g/mol. The van der Waals surface area contributed by atoms with Gasteiger partial charge in [-0.05, 0) is 30.3 Å². The smallest absolute Gasteiger partial charge is 0.255 e. The normalized spacial score (nSPS) is 10.3. The lowest BCUT2D eigenvalue weighted by Crippen LogP contribution is -2.12. The van der Waals surface area contributed by atoms with Gasteiger partial charge in [-0.2, -0.15) is 0 Å². The second-order valence-electron chi connectivity index (χ2n) is 3.74. The van der Waals surface area contributed by atoms with E-state index in [-0.39, 0.29) is 5.69 Å². The van der Waals surface area contributed by atoms with E-state index in [1.54, 1.807) is 12.1 Å². The number of hydrogen-bond donors (Lipinski definition) is 1. The van der Waals surface area contributed by atoms with Crippen LogP contribution in [0.25, 0.3) is 0 Å². The summed E-state index contributed by atoms with van der Waals surface area (Å²) < 4.78 is 26.4. The van der Waals surface area contributed by atoms with Crippen molar-refractivity contribution in [2.45, 2.75) is 0 Å². The van der Waals surface area contributed by atoms with Crippen LogP contribution in [0.3, 0.4) is 0 Å². The Bertz CT molecular complexity index is 628. The summed E-state index contributed by atoms with van der Waals surface area (Å²) in [5, 5.41) is 2.85. The van der Waals surface area contributed by atoms with E-state index in [4.69, 9.17) is 11.6 Å². The maximum atomic E-state index is 13.0. The van der Waals surface area contributed by atoms with Crippen molar-refractivity contribution in [1.29, 1.82) is 0 Å². The minimum absolute atomic E-state index is 0.167. The van der Waals surface area contributed by atoms with Gasteiger partial charge in [-0.3, -0.25) is 4.79 Å². The van der Waals surface area contributed by atoms with Crippen LogP contribution < -0.4 is 5.32 Å². The van der Waals surface area contributed by atoms with Crippen molar-refractivity contribution in [3.63, 3.8) is 0 Å². The molecule has 2 aromatic carbocycles. The second-order valence-corrected chi connectivity index (χ2v) is 5.09. The number of hydrogen-bond acceptors (Lipinski definition) is 1. The third-order valence-corrected chi connectivity index (χ3v) is 2.98. The van der Waals surface area contributed by atoms with Gasteiger partial charge in [-0.1, -0.05) is 27.5 Å². The first kappa shape index (κ1) is 14.0. The first-order chi connectivity index (χ1) is 8.95. The number of carbonyl (C=O) groups is 1. The summed E-state index contributed by atoms with van der Waals surface area (Å²) in [6.07, 6.45) is 0. The van der Waals surface area contributed by atoms with Gasteiger partial charge in [0.1, 0.15) is 0 Å². The van der Waals surface area contributed by atoms with Crippen LogP contribution in [0.1, 0.15) is 10.4 Å². The molecular formula is C13H7BrClF2NO.